The predicted molar refractivity (Wildman–Crippen MR) is 76.7 cm³/mol. The van der Waals surface area contributed by atoms with Crippen LogP contribution >= 0.6 is 0 Å². The van der Waals surface area contributed by atoms with E-state index in [2.05, 4.69) is 0 Å². The van der Waals surface area contributed by atoms with Crippen molar-refractivity contribution in [3.05, 3.63) is 35.9 Å². The van der Waals surface area contributed by atoms with Gasteiger partial charge in [-0.25, -0.2) is 0 Å². The monoisotopic (exact) mass is 292 g/mol. The first-order valence-corrected chi connectivity index (χ1v) is 6.95. The molecule has 0 N–H and O–H groups in total. The van der Waals surface area contributed by atoms with Gasteiger partial charge in [-0.15, -0.1) is 0 Å². The molecule has 21 heavy (non-hydrogen) atoms. The highest BCUT2D eigenvalue weighted by Crippen LogP contribution is 2.21. The summed E-state index contributed by atoms with van der Waals surface area (Å²) < 4.78 is 9.77. The Bertz CT molecular complexity index is 477. The maximum absolute atomic E-state index is 12.4. The summed E-state index contributed by atoms with van der Waals surface area (Å²) in [5, 5.41) is 0. The number of hydrogen-bond acceptors (Lipinski definition) is 5. The van der Waals surface area contributed by atoms with Crippen molar-refractivity contribution < 1.29 is 23.9 Å². The van der Waals surface area contributed by atoms with Gasteiger partial charge >= 0.3 is 11.9 Å². The lowest BCUT2D eigenvalue weighted by Gasteiger charge is -2.19. The van der Waals surface area contributed by atoms with Gasteiger partial charge in [0.25, 0.3) is 0 Å². The van der Waals surface area contributed by atoms with E-state index >= 15 is 0 Å². The first-order chi connectivity index (χ1) is 10.0. The highest BCUT2D eigenvalue weighted by atomic mass is 16.6. The molecule has 0 amide bonds. The predicted octanol–water partition coefficient (Wildman–Crippen LogP) is 2.25. The molecule has 0 aliphatic carbocycles. The fourth-order valence-corrected chi connectivity index (χ4v) is 1.99. The van der Waals surface area contributed by atoms with E-state index in [9.17, 15) is 14.4 Å². The van der Waals surface area contributed by atoms with Crippen LogP contribution in [-0.2, 0) is 19.1 Å². The fraction of sp³-hybridized carbons (Fsp3) is 0.438. The Morgan fingerprint density at radius 3 is 1.86 bits per heavy atom. The fourth-order valence-electron chi connectivity index (χ4n) is 1.99. The van der Waals surface area contributed by atoms with Gasteiger partial charge in [0.05, 0.1) is 13.2 Å². The van der Waals surface area contributed by atoms with Crippen LogP contribution in [0.15, 0.2) is 30.3 Å². The van der Waals surface area contributed by atoms with Gasteiger partial charge in [0, 0.05) is 11.5 Å². The second-order valence-electron chi connectivity index (χ2n) is 4.50. The van der Waals surface area contributed by atoms with Crippen molar-refractivity contribution in [1.29, 1.82) is 0 Å². The maximum atomic E-state index is 12.4. The number of ketones is 1. The summed E-state index contributed by atoms with van der Waals surface area (Å²) in [4.78, 5) is 36.3. The quantitative estimate of drug-likeness (QED) is 0.438. The topological polar surface area (TPSA) is 69.7 Å². The van der Waals surface area contributed by atoms with Gasteiger partial charge in [-0.2, -0.15) is 0 Å². The third-order valence-electron chi connectivity index (χ3n) is 3.05. The van der Waals surface area contributed by atoms with Crippen LogP contribution in [0.2, 0.25) is 0 Å². The van der Waals surface area contributed by atoms with Crippen LogP contribution in [0, 0.1) is 11.8 Å². The standard InChI is InChI=1S/C16H20O5/c1-4-20-15(18)13(16(19)21-5-2)11(3)14(17)12-9-7-6-8-10-12/h6-11,13H,4-5H2,1-3H3. The summed E-state index contributed by atoms with van der Waals surface area (Å²) in [6.07, 6.45) is 0. The average Bonchev–Trinajstić information content (AvgIpc) is 2.48. The summed E-state index contributed by atoms with van der Waals surface area (Å²) >= 11 is 0. The van der Waals surface area contributed by atoms with Crippen molar-refractivity contribution in [2.75, 3.05) is 13.2 Å². The molecule has 0 spiro atoms. The van der Waals surface area contributed by atoms with Crippen LogP contribution in [0.4, 0.5) is 0 Å². The molecule has 0 saturated heterocycles. The lowest BCUT2D eigenvalue weighted by Crippen LogP contribution is -2.37. The molecular formula is C16H20O5. The van der Waals surface area contributed by atoms with E-state index in [4.69, 9.17) is 9.47 Å². The lowest BCUT2D eigenvalue weighted by molar-refractivity contribution is -0.163. The molecular weight excluding hydrogens is 272 g/mol. The normalized spacial score (nSPS) is 11.8. The van der Waals surface area contributed by atoms with Crippen LogP contribution in [0.3, 0.4) is 0 Å². The van der Waals surface area contributed by atoms with E-state index < -0.39 is 23.8 Å². The van der Waals surface area contributed by atoms with Crippen molar-refractivity contribution >= 4 is 17.7 Å². The summed E-state index contributed by atoms with van der Waals surface area (Å²) in [5.41, 5.74) is 0.448. The van der Waals surface area contributed by atoms with Crippen LogP contribution in [-0.4, -0.2) is 30.9 Å². The molecule has 5 nitrogen and oxygen atoms in total. The molecule has 1 atom stereocenters. The molecule has 114 valence electrons. The van der Waals surface area contributed by atoms with Crippen LogP contribution in [0.5, 0.6) is 0 Å². The number of carbonyl (C=O) groups excluding carboxylic acids is 3. The van der Waals surface area contributed by atoms with E-state index in [0.29, 0.717) is 5.56 Å². The highest BCUT2D eigenvalue weighted by Gasteiger charge is 2.38. The molecule has 1 aromatic carbocycles. The number of esters is 2. The van der Waals surface area contributed by atoms with Gasteiger partial charge in [-0.05, 0) is 13.8 Å². The van der Waals surface area contributed by atoms with Crippen molar-refractivity contribution in [3.8, 4) is 0 Å². The van der Waals surface area contributed by atoms with E-state index in [1.807, 2.05) is 0 Å². The Balaban J connectivity index is 2.99. The molecule has 0 heterocycles. The molecule has 1 rings (SSSR count). The molecule has 0 saturated carbocycles. The Morgan fingerprint density at radius 2 is 1.43 bits per heavy atom. The van der Waals surface area contributed by atoms with Crippen LogP contribution < -0.4 is 0 Å². The van der Waals surface area contributed by atoms with Gasteiger partial charge in [0.2, 0.25) is 0 Å². The largest absolute Gasteiger partial charge is 0.465 e. The number of ether oxygens (including phenoxy) is 2. The molecule has 0 aromatic heterocycles. The Morgan fingerprint density at radius 1 is 0.952 bits per heavy atom. The van der Waals surface area contributed by atoms with Crippen LogP contribution in [0.25, 0.3) is 0 Å². The molecule has 1 unspecified atom stereocenters. The van der Waals surface area contributed by atoms with Crippen molar-refractivity contribution in [1.82, 2.24) is 0 Å². The molecule has 0 radical (unpaired) electrons. The maximum Gasteiger partial charge on any atom is 0.321 e. The van der Waals surface area contributed by atoms with Crippen molar-refractivity contribution in [2.24, 2.45) is 11.8 Å². The van der Waals surface area contributed by atoms with Crippen molar-refractivity contribution in [3.63, 3.8) is 0 Å². The van der Waals surface area contributed by atoms with E-state index in [1.165, 1.54) is 6.92 Å². The zero-order valence-electron chi connectivity index (χ0n) is 12.5. The zero-order valence-corrected chi connectivity index (χ0v) is 12.5. The first kappa shape index (κ1) is 16.9. The molecule has 5 heteroatoms. The Hall–Kier alpha value is -2.17. The summed E-state index contributed by atoms with van der Waals surface area (Å²) in [7, 11) is 0. The number of benzene rings is 1. The Labute approximate surface area is 124 Å². The molecule has 1 aromatic rings. The number of carbonyl (C=O) groups is 3. The van der Waals surface area contributed by atoms with Gasteiger partial charge in [-0.1, -0.05) is 37.3 Å². The van der Waals surface area contributed by atoms with Gasteiger partial charge in [0.1, 0.15) is 0 Å². The number of rotatable bonds is 7. The summed E-state index contributed by atoms with van der Waals surface area (Å²) in [5.74, 6) is -3.83. The lowest BCUT2D eigenvalue weighted by atomic mass is 9.87. The Kier molecular flexibility index (Phi) is 6.59. The van der Waals surface area contributed by atoms with Crippen LogP contribution in [0.1, 0.15) is 31.1 Å². The third-order valence-corrected chi connectivity index (χ3v) is 3.05. The summed E-state index contributed by atoms with van der Waals surface area (Å²) in [6.45, 7) is 5.10. The van der Waals surface area contributed by atoms with Crippen molar-refractivity contribution in [2.45, 2.75) is 20.8 Å². The minimum Gasteiger partial charge on any atom is -0.465 e. The van der Waals surface area contributed by atoms with Gasteiger partial charge in [-0.3, -0.25) is 14.4 Å². The molecule has 0 aliphatic rings. The second kappa shape index (κ2) is 8.19. The molecule has 0 aliphatic heterocycles. The average molecular weight is 292 g/mol. The minimum absolute atomic E-state index is 0.140. The van der Waals surface area contributed by atoms with Gasteiger partial charge < -0.3 is 9.47 Å². The van der Waals surface area contributed by atoms with E-state index in [0.717, 1.165) is 0 Å². The minimum atomic E-state index is -1.24. The van der Waals surface area contributed by atoms with E-state index in [-0.39, 0.29) is 19.0 Å². The van der Waals surface area contributed by atoms with E-state index in [1.54, 1.807) is 44.2 Å². The first-order valence-electron chi connectivity index (χ1n) is 6.95. The molecule has 0 bridgehead atoms. The third kappa shape index (κ3) is 4.41. The number of hydrogen-bond donors (Lipinski definition) is 0. The smallest absolute Gasteiger partial charge is 0.321 e. The second-order valence-corrected chi connectivity index (χ2v) is 4.50. The number of Topliss-reactive ketones (excluding diaryl/α,β-unsaturated/α-hetero) is 1. The molecule has 0 fully saturated rings. The zero-order chi connectivity index (χ0) is 15.8. The highest BCUT2D eigenvalue weighted by molar-refractivity contribution is 6.05. The van der Waals surface area contributed by atoms with Gasteiger partial charge in [0.15, 0.2) is 11.7 Å². The summed E-state index contributed by atoms with van der Waals surface area (Å²) in [6, 6.07) is 8.53. The SMILES string of the molecule is CCOC(=O)C(C(=O)OCC)C(C)C(=O)c1ccccc1.